The zero-order chi connectivity index (χ0) is 17.3. The third kappa shape index (κ3) is 3.00. The number of nitrogens with one attached hydrogen (secondary N) is 1. The van der Waals surface area contributed by atoms with Crippen LogP contribution in [0.2, 0.25) is 0 Å². The second-order valence-electron chi connectivity index (χ2n) is 5.32. The minimum atomic E-state index is -3.67. The number of anilines is 1. The van der Waals surface area contributed by atoms with Crippen LogP contribution >= 0.6 is 11.3 Å². The first-order chi connectivity index (χ1) is 11.4. The second kappa shape index (κ2) is 6.26. The van der Waals surface area contributed by atoms with Crippen LogP contribution in [-0.2, 0) is 16.6 Å². The molecule has 0 radical (unpaired) electrons. The maximum Gasteiger partial charge on any atom is 0.308 e. The number of hydrogen-bond donors (Lipinski definition) is 1. The van der Waals surface area contributed by atoms with Gasteiger partial charge in [0.1, 0.15) is 0 Å². The molecule has 24 heavy (non-hydrogen) atoms. The van der Waals surface area contributed by atoms with E-state index in [0.29, 0.717) is 17.8 Å². The van der Waals surface area contributed by atoms with Gasteiger partial charge in [0.05, 0.1) is 20.8 Å². The molecular formula is C17H16N2O3S2. The number of aromatic nitrogens is 1. The first kappa shape index (κ1) is 16.5. The fraction of sp³-hybridized carbons (Fsp3) is 0.118. The molecule has 1 aromatic heterocycles. The Labute approximate surface area is 143 Å². The number of allylic oxidation sites excluding steroid dienone is 1. The summed E-state index contributed by atoms with van der Waals surface area (Å²) in [6.45, 7) is 5.82. The Kier molecular flexibility index (Phi) is 4.29. The molecule has 0 aliphatic carbocycles. The van der Waals surface area contributed by atoms with E-state index in [4.69, 9.17) is 0 Å². The molecule has 3 rings (SSSR count). The normalized spacial score (nSPS) is 11.5. The first-order valence-electron chi connectivity index (χ1n) is 7.25. The van der Waals surface area contributed by atoms with Crippen LogP contribution in [0.1, 0.15) is 5.56 Å². The Bertz CT molecular complexity index is 1080. The summed E-state index contributed by atoms with van der Waals surface area (Å²) >= 11 is 1.08. The van der Waals surface area contributed by atoms with Crippen molar-refractivity contribution >= 4 is 37.3 Å². The quantitative estimate of drug-likeness (QED) is 0.710. The minimum Gasteiger partial charge on any atom is -0.295 e. The lowest BCUT2D eigenvalue weighted by Gasteiger charge is -2.10. The lowest BCUT2D eigenvalue weighted by atomic mass is 10.2. The topological polar surface area (TPSA) is 68.2 Å². The average molecular weight is 360 g/mol. The number of benzene rings is 2. The SMILES string of the molecule is C=CCn1c(=O)sc2cc(NS(=O)(=O)c3ccccc3C)ccc21. The summed E-state index contributed by atoms with van der Waals surface area (Å²) < 4.78 is 30.0. The number of rotatable bonds is 5. The van der Waals surface area contributed by atoms with E-state index < -0.39 is 10.0 Å². The summed E-state index contributed by atoms with van der Waals surface area (Å²) in [5.74, 6) is 0. The van der Waals surface area contributed by atoms with Gasteiger partial charge in [-0.3, -0.25) is 14.1 Å². The molecule has 0 amide bonds. The fourth-order valence-electron chi connectivity index (χ4n) is 2.50. The smallest absolute Gasteiger partial charge is 0.295 e. The summed E-state index contributed by atoms with van der Waals surface area (Å²) in [5.41, 5.74) is 1.87. The van der Waals surface area contributed by atoms with Crippen molar-refractivity contribution in [2.24, 2.45) is 0 Å². The summed E-state index contributed by atoms with van der Waals surface area (Å²) in [5, 5.41) is 0. The molecule has 0 unspecified atom stereocenters. The maximum absolute atomic E-state index is 12.5. The van der Waals surface area contributed by atoms with Crippen molar-refractivity contribution in [1.82, 2.24) is 4.57 Å². The van der Waals surface area contributed by atoms with Crippen LogP contribution in [0, 0.1) is 6.92 Å². The lowest BCUT2D eigenvalue weighted by Crippen LogP contribution is -2.14. The van der Waals surface area contributed by atoms with E-state index in [2.05, 4.69) is 11.3 Å². The molecule has 7 heteroatoms. The average Bonchev–Trinajstić information content (AvgIpc) is 2.83. The standard InChI is InChI=1S/C17H16N2O3S2/c1-3-10-19-14-9-8-13(11-15(14)23-17(19)20)18-24(21,22)16-7-5-4-6-12(16)2/h3-9,11,18H,1,10H2,2H3. The molecule has 0 atom stereocenters. The number of thiazole rings is 1. The van der Waals surface area contributed by atoms with E-state index in [1.54, 1.807) is 60.0 Å². The van der Waals surface area contributed by atoms with Gasteiger partial charge in [-0.2, -0.15) is 0 Å². The number of nitrogens with zero attached hydrogens (tertiary/aromatic N) is 1. The Balaban J connectivity index is 2.00. The highest BCUT2D eigenvalue weighted by atomic mass is 32.2. The Morgan fingerprint density at radius 1 is 1.25 bits per heavy atom. The van der Waals surface area contributed by atoms with E-state index in [1.807, 2.05) is 0 Å². The summed E-state index contributed by atoms with van der Waals surface area (Å²) in [6.07, 6.45) is 1.66. The van der Waals surface area contributed by atoms with Crippen LogP contribution in [0.5, 0.6) is 0 Å². The van der Waals surface area contributed by atoms with Crippen LogP contribution in [0.4, 0.5) is 5.69 Å². The highest BCUT2D eigenvalue weighted by Gasteiger charge is 2.17. The third-order valence-corrected chi connectivity index (χ3v) is 6.10. The monoisotopic (exact) mass is 360 g/mol. The molecule has 0 fully saturated rings. The fourth-order valence-corrected chi connectivity index (χ4v) is 4.74. The Hall–Kier alpha value is -2.38. The zero-order valence-corrected chi connectivity index (χ0v) is 14.7. The molecule has 1 heterocycles. The van der Waals surface area contributed by atoms with Crippen molar-refractivity contribution in [1.29, 1.82) is 0 Å². The van der Waals surface area contributed by atoms with Gasteiger partial charge in [-0.1, -0.05) is 35.6 Å². The molecule has 124 valence electrons. The largest absolute Gasteiger partial charge is 0.308 e. The van der Waals surface area contributed by atoms with Crippen LogP contribution in [0.25, 0.3) is 10.2 Å². The lowest BCUT2D eigenvalue weighted by molar-refractivity contribution is 0.600. The van der Waals surface area contributed by atoms with Gasteiger partial charge >= 0.3 is 4.87 Å². The molecule has 3 aromatic rings. The Morgan fingerprint density at radius 3 is 2.71 bits per heavy atom. The van der Waals surface area contributed by atoms with Crippen molar-refractivity contribution in [2.75, 3.05) is 4.72 Å². The summed E-state index contributed by atoms with van der Waals surface area (Å²) in [7, 11) is -3.67. The Morgan fingerprint density at radius 2 is 2.00 bits per heavy atom. The van der Waals surface area contributed by atoms with Gasteiger partial charge in [0.25, 0.3) is 10.0 Å². The van der Waals surface area contributed by atoms with Crippen molar-refractivity contribution in [3.05, 3.63) is 70.4 Å². The molecule has 2 aromatic carbocycles. The summed E-state index contributed by atoms with van der Waals surface area (Å²) in [4.78, 5) is 12.1. The van der Waals surface area contributed by atoms with Crippen LogP contribution < -0.4 is 9.60 Å². The number of aryl methyl sites for hydroxylation is 1. The minimum absolute atomic E-state index is 0.0937. The molecule has 5 nitrogen and oxygen atoms in total. The van der Waals surface area contributed by atoms with Gasteiger partial charge in [0.2, 0.25) is 0 Å². The van der Waals surface area contributed by atoms with Crippen LogP contribution in [0.3, 0.4) is 0 Å². The van der Waals surface area contributed by atoms with Crippen molar-refractivity contribution in [3.63, 3.8) is 0 Å². The highest BCUT2D eigenvalue weighted by Crippen LogP contribution is 2.24. The molecule has 1 N–H and O–H groups in total. The number of fused-ring (bicyclic) bond motifs is 1. The van der Waals surface area contributed by atoms with Gasteiger partial charge in [0.15, 0.2) is 0 Å². The molecule has 0 spiro atoms. The molecule has 0 saturated heterocycles. The first-order valence-corrected chi connectivity index (χ1v) is 9.55. The predicted molar refractivity (Wildman–Crippen MR) is 98.3 cm³/mol. The number of hydrogen-bond acceptors (Lipinski definition) is 4. The van der Waals surface area contributed by atoms with Crippen molar-refractivity contribution < 1.29 is 8.42 Å². The van der Waals surface area contributed by atoms with E-state index >= 15 is 0 Å². The molecular weight excluding hydrogens is 344 g/mol. The third-order valence-electron chi connectivity index (χ3n) is 3.62. The molecule has 0 aliphatic rings. The second-order valence-corrected chi connectivity index (χ2v) is 7.96. The van der Waals surface area contributed by atoms with Gasteiger partial charge < -0.3 is 0 Å². The van der Waals surface area contributed by atoms with Gasteiger partial charge in [-0.05, 0) is 36.8 Å². The van der Waals surface area contributed by atoms with E-state index in [0.717, 1.165) is 21.6 Å². The molecule has 0 aliphatic heterocycles. The van der Waals surface area contributed by atoms with E-state index in [1.165, 1.54) is 0 Å². The molecule has 0 saturated carbocycles. The van der Waals surface area contributed by atoms with Gasteiger partial charge in [-0.25, -0.2) is 8.42 Å². The van der Waals surface area contributed by atoms with Crippen LogP contribution in [-0.4, -0.2) is 13.0 Å². The highest BCUT2D eigenvalue weighted by molar-refractivity contribution is 7.92. The molecule has 0 bridgehead atoms. The van der Waals surface area contributed by atoms with E-state index in [9.17, 15) is 13.2 Å². The van der Waals surface area contributed by atoms with Gasteiger partial charge in [-0.15, -0.1) is 6.58 Å². The van der Waals surface area contributed by atoms with E-state index in [-0.39, 0.29) is 9.77 Å². The van der Waals surface area contributed by atoms with Crippen molar-refractivity contribution in [3.8, 4) is 0 Å². The van der Waals surface area contributed by atoms with Gasteiger partial charge in [0, 0.05) is 6.54 Å². The number of sulfonamides is 1. The zero-order valence-electron chi connectivity index (χ0n) is 13.0. The van der Waals surface area contributed by atoms with Crippen molar-refractivity contribution in [2.45, 2.75) is 18.4 Å². The summed E-state index contributed by atoms with van der Waals surface area (Å²) in [6, 6.07) is 11.9. The van der Waals surface area contributed by atoms with Crippen LogP contribution in [0.15, 0.2) is 64.8 Å². The predicted octanol–water partition coefficient (Wildman–Crippen LogP) is 3.36. The maximum atomic E-state index is 12.5.